The molecule has 216 valence electrons. The molecular formula is C28H29N9O5. The Morgan fingerprint density at radius 1 is 1.07 bits per heavy atom. The van der Waals surface area contributed by atoms with Gasteiger partial charge in [0.1, 0.15) is 17.9 Å². The van der Waals surface area contributed by atoms with Gasteiger partial charge in [0.25, 0.3) is 5.91 Å². The Bertz CT molecular complexity index is 1680. The van der Waals surface area contributed by atoms with Crippen LogP contribution in [0.1, 0.15) is 17.3 Å². The molecule has 0 bridgehead atoms. The summed E-state index contributed by atoms with van der Waals surface area (Å²) in [6.45, 7) is 7.18. The van der Waals surface area contributed by atoms with Crippen molar-refractivity contribution in [3.8, 4) is 29.0 Å². The van der Waals surface area contributed by atoms with Crippen molar-refractivity contribution in [2.45, 2.75) is 13.5 Å². The Hall–Kier alpha value is -5.08. The molecule has 1 aromatic carbocycles. The number of imidazole rings is 1. The molecule has 0 saturated carbocycles. The number of carbonyl (C=O) groups is 1. The highest BCUT2D eigenvalue weighted by Gasteiger charge is 2.19. The zero-order chi connectivity index (χ0) is 28.9. The van der Waals surface area contributed by atoms with E-state index in [1.165, 1.54) is 6.20 Å². The topological polar surface area (TPSA) is 169 Å². The van der Waals surface area contributed by atoms with Crippen LogP contribution in [0.4, 0.5) is 11.5 Å². The first kappa shape index (κ1) is 27.1. The van der Waals surface area contributed by atoms with Gasteiger partial charge in [-0.3, -0.25) is 9.69 Å². The quantitative estimate of drug-likeness (QED) is 0.251. The molecule has 3 N–H and O–H groups in total. The summed E-state index contributed by atoms with van der Waals surface area (Å²) in [6, 6.07) is 12.2. The van der Waals surface area contributed by atoms with Crippen molar-refractivity contribution in [2.24, 2.45) is 0 Å². The van der Waals surface area contributed by atoms with Gasteiger partial charge < -0.3 is 29.8 Å². The van der Waals surface area contributed by atoms with E-state index in [-0.39, 0.29) is 11.7 Å². The van der Waals surface area contributed by atoms with Crippen LogP contribution in [0.3, 0.4) is 0 Å². The molecule has 0 spiro atoms. The van der Waals surface area contributed by atoms with Crippen LogP contribution >= 0.6 is 0 Å². The van der Waals surface area contributed by atoms with E-state index in [2.05, 4.69) is 35.5 Å². The second-order valence-corrected chi connectivity index (χ2v) is 9.46. The van der Waals surface area contributed by atoms with Crippen LogP contribution in [0.2, 0.25) is 0 Å². The van der Waals surface area contributed by atoms with Crippen molar-refractivity contribution in [3.05, 3.63) is 60.4 Å². The number of nitrogens with one attached hydrogen (secondary N) is 1. The number of anilines is 2. The molecule has 0 unspecified atom stereocenters. The van der Waals surface area contributed by atoms with Gasteiger partial charge in [-0.05, 0) is 35.4 Å². The molecule has 1 fully saturated rings. The normalized spacial score (nSPS) is 13.7. The third kappa shape index (κ3) is 5.99. The van der Waals surface area contributed by atoms with E-state index in [0.717, 1.165) is 38.4 Å². The van der Waals surface area contributed by atoms with Crippen molar-refractivity contribution in [1.29, 1.82) is 0 Å². The van der Waals surface area contributed by atoms with Gasteiger partial charge >= 0.3 is 0 Å². The van der Waals surface area contributed by atoms with E-state index in [4.69, 9.17) is 24.6 Å². The molecule has 14 heteroatoms. The summed E-state index contributed by atoms with van der Waals surface area (Å²) in [6.07, 6.45) is 3.10. The van der Waals surface area contributed by atoms with Crippen LogP contribution in [0, 0.1) is 0 Å². The predicted molar refractivity (Wildman–Crippen MR) is 152 cm³/mol. The zero-order valence-electron chi connectivity index (χ0n) is 22.9. The fourth-order valence-corrected chi connectivity index (χ4v) is 4.58. The summed E-state index contributed by atoms with van der Waals surface area (Å²) in [5, 5.41) is 10.4. The fraction of sp³-hybridized carbons (Fsp3) is 0.286. The van der Waals surface area contributed by atoms with E-state index in [9.17, 15) is 4.79 Å². The molecule has 1 aliphatic rings. The van der Waals surface area contributed by atoms with Crippen LogP contribution in [0.25, 0.3) is 22.6 Å². The zero-order valence-corrected chi connectivity index (χ0v) is 22.9. The highest BCUT2D eigenvalue weighted by Crippen LogP contribution is 2.30. The van der Waals surface area contributed by atoms with Crippen LogP contribution in [0.15, 0.2) is 59.5 Å². The van der Waals surface area contributed by atoms with Gasteiger partial charge in [0.2, 0.25) is 11.8 Å². The first-order valence-corrected chi connectivity index (χ1v) is 13.5. The van der Waals surface area contributed by atoms with Crippen LogP contribution in [0.5, 0.6) is 17.5 Å². The van der Waals surface area contributed by atoms with E-state index in [0.29, 0.717) is 58.9 Å². The molecule has 0 atom stereocenters. The lowest BCUT2D eigenvalue weighted by atomic mass is 10.2. The average Bonchev–Trinajstić information content (AvgIpc) is 3.60. The van der Waals surface area contributed by atoms with Gasteiger partial charge in [0.05, 0.1) is 30.5 Å². The minimum absolute atomic E-state index is 0.155. The van der Waals surface area contributed by atoms with E-state index >= 15 is 0 Å². The summed E-state index contributed by atoms with van der Waals surface area (Å²) in [4.78, 5) is 28.4. The molecule has 1 amide bonds. The van der Waals surface area contributed by atoms with Gasteiger partial charge in [0, 0.05) is 56.3 Å². The highest BCUT2D eigenvalue weighted by molar-refractivity contribution is 6.04. The van der Waals surface area contributed by atoms with Crippen molar-refractivity contribution in [1.82, 2.24) is 34.7 Å². The Labute approximate surface area is 240 Å². The molecule has 4 aromatic heterocycles. The number of rotatable bonds is 10. The van der Waals surface area contributed by atoms with Crippen molar-refractivity contribution in [2.75, 3.05) is 50.5 Å². The second kappa shape index (κ2) is 12.2. The molecule has 1 aliphatic heterocycles. The number of amides is 1. The minimum atomic E-state index is -0.306. The van der Waals surface area contributed by atoms with E-state index in [1.54, 1.807) is 48.7 Å². The Morgan fingerprint density at radius 2 is 1.93 bits per heavy atom. The maximum absolute atomic E-state index is 12.9. The van der Waals surface area contributed by atoms with E-state index in [1.807, 2.05) is 11.5 Å². The SMILES string of the molecule is CCn1c(-c2nonc2N)nc2cnc(Oc3cccc(NC(=O)c4ccc(OCCN5CCOCC5)nc4)c3)cc21. The predicted octanol–water partition coefficient (Wildman–Crippen LogP) is 3.23. The lowest BCUT2D eigenvalue weighted by Gasteiger charge is -2.26. The molecule has 42 heavy (non-hydrogen) atoms. The fourth-order valence-electron chi connectivity index (χ4n) is 4.58. The number of ether oxygens (including phenoxy) is 3. The number of hydrogen-bond acceptors (Lipinski definition) is 12. The summed E-state index contributed by atoms with van der Waals surface area (Å²) in [5.41, 5.74) is 8.62. The van der Waals surface area contributed by atoms with Gasteiger partial charge in [-0.25, -0.2) is 19.6 Å². The number of pyridine rings is 2. The Morgan fingerprint density at radius 3 is 2.69 bits per heavy atom. The van der Waals surface area contributed by atoms with Crippen LogP contribution in [-0.2, 0) is 11.3 Å². The van der Waals surface area contributed by atoms with Crippen molar-refractivity contribution in [3.63, 3.8) is 0 Å². The first-order chi connectivity index (χ1) is 20.6. The molecule has 6 rings (SSSR count). The van der Waals surface area contributed by atoms with Crippen LogP contribution < -0.4 is 20.5 Å². The minimum Gasteiger partial charge on any atom is -0.476 e. The highest BCUT2D eigenvalue weighted by atomic mass is 16.6. The smallest absolute Gasteiger partial charge is 0.257 e. The number of nitrogens with zero attached hydrogens (tertiary/aromatic N) is 7. The van der Waals surface area contributed by atoms with Gasteiger partial charge in [-0.1, -0.05) is 6.07 Å². The van der Waals surface area contributed by atoms with Gasteiger partial charge in [-0.15, -0.1) is 0 Å². The summed E-state index contributed by atoms with van der Waals surface area (Å²) >= 11 is 0. The molecule has 14 nitrogen and oxygen atoms in total. The number of aromatic nitrogens is 6. The number of carbonyl (C=O) groups excluding carboxylic acids is 1. The number of nitrogen functional groups attached to an aromatic ring is 1. The Kier molecular flexibility index (Phi) is 7.87. The lowest BCUT2D eigenvalue weighted by Crippen LogP contribution is -2.38. The number of morpholine rings is 1. The van der Waals surface area contributed by atoms with Crippen molar-refractivity contribution >= 4 is 28.4 Å². The lowest BCUT2D eigenvalue weighted by molar-refractivity contribution is 0.0320. The van der Waals surface area contributed by atoms with E-state index < -0.39 is 0 Å². The summed E-state index contributed by atoms with van der Waals surface area (Å²) in [7, 11) is 0. The third-order valence-corrected chi connectivity index (χ3v) is 6.73. The second-order valence-electron chi connectivity index (χ2n) is 9.46. The standard InChI is InChI=1S/C28H29N9O5/c1-2-37-22-15-24(31-17-21(22)33-27(37)25-26(29)35-42-34-25)41-20-5-3-4-19(14-20)32-28(38)18-6-7-23(30-16-18)40-13-10-36-8-11-39-12-9-36/h3-7,14-17H,2,8-13H2,1H3,(H2,29,35)(H,32,38). The van der Waals surface area contributed by atoms with Crippen LogP contribution in [-0.4, -0.2) is 80.1 Å². The summed E-state index contributed by atoms with van der Waals surface area (Å²) in [5.74, 6) is 1.69. The molecular weight excluding hydrogens is 542 g/mol. The largest absolute Gasteiger partial charge is 0.476 e. The summed E-state index contributed by atoms with van der Waals surface area (Å²) < 4.78 is 23.8. The maximum atomic E-state index is 12.9. The Balaban J connectivity index is 1.09. The molecule has 0 aliphatic carbocycles. The van der Waals surface area contributed by atoms with Crippen molar-refractivity contribution < 1.29 is 23.6 Å². The van der Waals surface area contributed by atoms with Gasteiger partial charge in [0.15, 0.2) is 17.3 Å². The molecule has 5 heterocycles. The monoisotopic (exact) mass is 571 g/mol. The average molecular weight is 572 g/mol. The number of benzene rings is 1. The first-order valence-electron chi connectivity index (χ1n) is 13.5. The third-order valence-electron chi connectivity index (χ3n) is 6.73. The number of fused-ring (bicyclic) bond motifs is 1. The molecule has 5 aromatic rings. The molecule has 1 saturated heterocycles. The number of hydrogen-bond donors (Lipinski definition) is 2. The number of nitrogens with two attached hydrogens (primary N) is 1. The van der Waals surface area contributed by atoms with Gasteiger partial charge in [-0.2, -0.15) is 0 Å². The maximum Gasteiger partial charge on any atom is 0.257 e. The molecule has 0 radical (unpaired) electrons. The number of aryl methyl sites for hydroxylation is 1.